The van der Waals surface area contributed by atoms with Gasteiger partial charge in [-0.15, -0.1) is 0 Å². The average molecular weight is 211 g/mol. The predicted octanol–water partition coefficient (Wildman–Crippen LogP) is 2.83. The second-order valence-electron chi connectivity index (χ2n) is 2.78. The number of carbonyl (C=O) groups is 1. The van der Waals surface area contributed by atoms with Crippen LogP contribution in [0.4, 0.5) is 0 Å². The third-order valence-electron chi connectivity index (χ3n) is 1.54. The summed E-state index contributed by atoms with van der Waals surface area (Å²) < 4.78 is 4.74. The smallest absolute Gasteiger partial charge is 0.302 e. The summed E-state index contributed by atoms with van der Waals surface area (Å²) in [7, 11) is 0. The van der Waals surface area contributed by atoms with Gasteiger partial charge in [0.2, 0.25) is 0 Å². The van der Waals surface area contributed by atoms with Crippen molar-refractivity contribution in [3.05, 3.63) is 40.9 Å². The summed E-state index contributed by atoms with van der Waals surface area (Å²) in [5.41, 5.74) is 0.990. The predicted molar refractivity (Wildman–Crippen MR) is 56.9 cm³/mol. The third-order valence-corrected chi connectivity index (χ3v) is 1.75. The molecule has 0 radical (unpaired) electrons. The Hall–Kier alpha value is -1.28. The monoisotopic (exact) mass is 210 g/mol. The van der Waals surface area contributed by atoms with Crippen molar-refractivity contribution in [3.8, 4) is 0 Å². The van der Waals surface area contributed by atoms with Gasteiger partial charge in [0.15, 0.2) is 0 Å². The SMILES string of the molecule is CC(=O)OC/C(Cl)=C/c1ccccc1. The lowest BCUT2D eigenvalue weighted by molar-refractivity contribution is -0.139. The Kier molecular flexibility index (Phi) is 4.20. The van der Waals surface area contributed by atoms with Gasteiger partial charge in [-0.05, 0) is 11.6 Å². The van der Waals surface area contributed by atoms with Crippen molar-refractivity contribution in [1.29, 1.82) is 0 Å². The van der Waals surface area contributed by atoms with E-state index in [1.807, 2.05) is 30.3 Å². The molecule has 0 heterocycles. The molecule has 14 heavy (non-hydrogen) atoms. The number of rotatable bonds is 3. The van der Waals surface area contributed by atoms with Gasteiger partial charge in [0.25, 0.3) is 0 Å². The van der Waals surface area contributed by atoms with Crippen LogP contribution in [0.2, 0.25) is 0 Å². The zero-order valence-corrected chi connectivity index (χ0v) is 8.62. The minimum absolute atomic E-state index is 0.131. The summed E-state index contributed by atoms with van der Waals surface area (Å²) in [6, 6.07) is 9.62. The molecular formula is C11H11ClO2. The van der Waals surface area contributed by atoms with Gasteiger partial charge in [-0.3, -0.25) is 4.79 Å². The van der Waals surface area contributed by atoms with Crippen LogP contribution in [0.25, 0.3) is 6.08 Å². The van der Waals surface area contributed by atoms with Gasteiger partial charge in [0.1, 0.15) is 6.61 Å². The summed E-state index contributed by atoms with van der Waals surface area (Å²) in [6.07, 6.45) is 1.77. The van der Waals surface area contributed by atoms with E-state index in [-0.39, 0.29) is 12.6 Å². The molecule has 0 aromatic heterocycles. The van der Waals surface area contributed by atoms with Gasteiger partial charge < -0.3 is 4.74 Å². The Morgan fingerprint density at radius 1 is 1.43 bits per heavy atom. The molecule has 0 unspecified atom stereocenters. The van der Waals surface area contributed by atoms with Crippen LogP contribution in [-0.4, -0.2) is 12.6 Å². The first kappa shape index (κ1) is 10.8. The van der Waals surface area contributed by atoms with Crippen LogP contribution in [0.5, 0.6) is 0 Å². The highest BCUT2D eigenvalue weighted by atomic mass is 35.5. The van der Waals surface area contributed by atoms with Crippen molar-refractivity contribution in [3.63, 3.8) is 0 Å². The van der Waals surface area contributed by atoms with Gasteiger partial charge in [-0.1, -0.05) is 41.9 Å². The van der Waals surface area contributed by atoms with E-state index in [9.17, 15) is 4.79 Å². The molecule has 0 spiro atoms. The van der Waals surface area contributed by atoms with Crippen LogP contribution >= 0.6 is 11.6 Å². The van der Waals surface area contributed by atoms with Gasteiger partial charge >= 0.3 is 5.97 Å². The lowest BCUT2D eigenvalue weighted by Crippen LogP contribution is -2.00. The number of hydrogen-bond donors (Lipinski definition) is 0. The lowest BCUT2D eigenvalue weighted by Gasteiger charge is -1.99. The Morgan fingerprint density at radius 3 is 2.64 bits per heavy atom. The molecule has 1 rings (SSSR count). The van der Waals surface area contributed by atoms with E-state index in [0.29, 0.717) is 5.03 Å². The van der Waals surface area contributed by atoms with Crippen molar-refractivity contribution in [2.24, 2.45) is 0 Å². The zero-order valence-electron chi connectivity index (χ0n) is 7.87. The van der Waals surface area contributed by atoms with Crippen LogP contribution in [0.3, 0.4) is 0 Å². The number of benzene rings is 1. The first-order valence-electron chi connectivity index (χ1n) is 4.23. The van der Waals surface area contributed by atoms with E-state index in [4.69, 9.17) is 16.3 Å². The summed E-state index contributed by atoms with van der Waals surface area (Å²) in [6.45, 7) is 1.48. The first-order chi connectivity index (χ1) is 6.68. The number of esters is 1. The fraction of sp³-hybridized carbons (Fsp3) is 0.182. The van der Waals surface area contributed by atoms with E-state index in [1.165, 1.54) is 6.92 Å². The molecule has 1 aromatic carbocycles. The maximum absolute atomic E-state index is 10.5. The minimum atomic E-state index is -0.329. The number of hydrogen-bond acceptors (Lipinski definition) is 2. The van der Waals surface area contributed by atoms with Crippen molar-refractivity contribution >= 4 is 23.6 Å². The summed E-state index contributed by atoms with van der Waals surface area (Å²) in [4.78, 5) is 10.5. The Labute approximate surface area is 88.1 Å². The Bertz CT molecular complexity index is 330. The standard InChI is InChI=1S/C11H11ClO2/c1-9(13)14-8-11(12)7-10-5-3-2-4-6-10/h2-7H,8H2,1H3/b11-7-. The number of carbonyl (C=O) groups excluding carboxylic acids is 1. The number of halogens is 1. The highest BCUT2D eigenvalue weighted by Crippen LogP contribution is 2.10. The van der Waals surface area contributed by atoms with Crippen LogP contribution in [0.1, 0.15) is 12.5 Å². The van der Waals surface area contributed by atoms with Crippen LogP contribution in [-0.2, 0) is 9.53 Å². The van der Waals surface area contributed by atoms with E-state index < -0.39 is 0 Å². The third kappa shape index (κ3) is 4.10. The molecule has 0 saturated carbocycles. The number of ether oxygens (including phenoxy) is 1. The molecule has 0 aliphatic heterocycles. The molecule has 0 aliphatic carbocycles. The van der Waals surface area contributed by atoms with Crippen LogP contribution in [0.15, 0.2) is 35.4 Å². The van der Waals surface area contributed by atoms with E-state index in [0.717, 1.165) is 5.56 Å². The molecule has 0 atom stereocenters. The van der Waals surface area contributed by atoms with Gasteiger partial charge in [0.05, 0.1) is 5.03 Å². The largest absolute Gasteiger partial charge is 0.460 e. The quantitative estimate of drug-likeness (QED) is 0.718. The molecule has 3 heteroatoms. The zero-order chi connectivity index (χ0) is 10.4. The van der Waals surface area contributed by atoms with E-state index >= 15 is 0 Å². The molecular weight excluding hydrogens is 200 g/mol. The fourth-order valence-corrected chi connectivity index (χ4v) is 1.12. The molecule has 0 saturated heterocycles. The topological polar surface area (TPSA) is 26.3 Å². The molecule has 74 valence electrons. The first-order valence-corrected chi connectivity index (χ1v) is 4.61. The minimum Gasteiger partial charge on any atom is -0.460 e. The summed E-state index contributed by atoms with van der Waals surface area (Å²) >= 11 is 5.84. The molecule has 1 aromatic rings. The average Bonchev–Trinajstić information content (AvgIpc) is 2.16. The normalized spacial score (nSPS) is 11.1. The molecule has 2 nitrogen and oxygen atoms in total. The van der Waals surface area contributed by atoms with E-state index in [1.54, 1.807) is 6.08 Å². The lowest BCUT2D eigenvalue weighted by atomic mass is 10.2. The Morgan fingerprint density at radius 2 is 2.07 bits per heavy atom. The molecule has 0 amide bonds. The highest BCUT2D eigenvalue weighted by molar-refractivity contribution is 6.31. The fourth-order valence-electron chi connectivity index (χ4n) is 0.942. The summed E-state index contributed by atoms with van der Waals surface area (Å²) in [5.74, 6) is -0.329. The molecule has 0 fully saturated rings. The molecule has 0 aliphatic rings. The molecule has 0 N–H and O–H groups in total. The van der Waals surface area contributed by atoms with E-state index in [2.05, 4.69) is 0 Å². The highest BCUT2D eigenvalue weighted by Gasteiger charge is 1.96. The summed E-state index contributed by atoms with van der Waals surface area (Å²) in [5, 5.41) is 0.506. The van der Waals surface area contributed by atoms with Gasteiger partial charge in [0, 0.05) is 6.92 Å². The van der Waals surface area contributed by atoms with Crippen LogP contribution < -0.4 is 0 Å². The van der Waals surface area contributed by atoms with Gasteiger partial charge in [-0.25, -0.2) is 0 Å². The van der Waals surface area contributed by atoms with Crippen molar-refractivity contribution in [1.82, 2.24) is 0 Å². The second kappa shape index (κ2) is 5.45. The maximum atomic E-state index is 10.5. The van der Waals surface area contributed by atoms with Crippen LogP contribution in [0, 0.1) is 0 Å². The van der Waals surface area contributed by atoms with Crippen molar-refractivity contribution < 1.29 is 9.53 Å². The molecule has 0 bridgehead atoms. The second-order valence-corrected chi connectivity index (χ2v) is 3.27. The maximum Gasteiger partial charge on any atom is 0.302 e. The van der Waals surface area contributed by atoms with Gasteiger partial charge in [-0.2, -0.15) is 0 Å². The van der Waals surface area contributed by atoms with Crippen molar-refractivity contribution in [2.75, 3.05) is 6.61 Å². The Balaban J connectivity index is 2.56. The van der Waals surface area contributed by atoms with Crippen molar-refractivity contribution in [2.45, 2.75) is 6.92 Å².